The number of aliphatic hydroxyl groups excluding tert-OH is 1. The lowest BCUT2D eigenvalue weighted by Crippen LogP contribution is -2.30. The Morgan fingerprint density at radius 2 is 2.11 bits per heavy atom. The van der Waals surface area contributed by atoms with Gasteiger partial charge in [-0.15, -0.1) is 0 Å². The number of nitrogens with zero attached hydrogens (tertiary/aromatic N) is 3. The van der Waals surface area contributed by atoms with Gasteiger partial charge in [0.05, 0.1) is 13.2 Å². The zero-order valence-corrected chi connectivity index (χ0v) is 11.0. The molecule has 0 aromatic carbocycles. The number of rotatable bonds is 4. The molecule has 2 rings (SSSR count). The van der Waals surface area contributed by atoms with Gasteiger partial charge in [0.2, 0.25) is 11.2 Å². The van der Waals surface area contributed by atoms with E-state index in [0.29, 0.717) is 12.5 Å². The lowest BCUT2D eigenvalue weighted by molar-refractivity contribution is 0.0762. The maximum absolute atomic E-state index is 9.86. The first-order valence-corrected chi connectivity index (χ1v) is 6.44. The highest BCUT2D eigenvalue weighted by Crippen LogP contribution is 2.24. The summed E-state index contributed by atoms with van der Waals surface area (Å²) >= 11 is 5.75. The van der Waals surface area contributed by atoms with Crippen LogP contribution in [0.2, 0.25) is 5.28 Å². The van der Waals surface area contributed by atoms with Crippen LogP contribution in [-0.2, 0) is 0 Å². The molecule has 0 radical (unpaired) electrons. The standard InChI is InChI=1S/C11H17ClN4O2/c1-18-11-15-9(12)14-10(16-11)13-6-7-4-2-3-5-8(7)17/h7-8,17H,2-6H2,1H3,(H,13,14,15,16). The number of aliphatic hydroxyl groups is 1. The van der Waals surface area contributed by atoms with Crippen LogP contribution >= 0.6 is 11.6 Å². The van der Waals surface area contributed by atoms with Crippen LogP contribution in [0.5, 0.6) is 6.01 Å². The van der Waals surface area contributed by atoms with Crippen molar-refractivity contribution in [1.29, 1.82) is 0 Å². The molecule has 2 atom stereocenters. The molecule has 1 aliphatic rings. The number of nitrogens with one attached hydrogen (secondary N) is 1. The summed E-state index contributed by atoms with van der Waals surface area (Å²) in [4.78, 5) is 11.8. The van der Waals surface area contributed by atoms with Crippen molar-refractivity contribution in [3.05, 3.63) is 5.28 Å². The van der Waals surface area contributed by atoms with Crippen molar-refractivity contribution in [3.8, 4) is 6.01 Å². The Labute approximate surface area is 111 Å². The number of hydrogen-bond donors (Lipinski definition) is 2. The number of anilines is 1. The summed E-state index contributed by atoms with van der Waals surface area (Å²) in [6, 6.07) is 0.182. The first kappa shape index (κ1) is 13.3. The van der Waals surface area contributed by atoms with Gasteiger partial charge in [0.25, 0.3) is 0 Å². The maximum Gasteiger partial charge on any atom is 0.322 e. The Bertz CT molecular complexity index is 405. The van der Waals surface area contributed by atoms with E-state index in [1.54, 1.807) is 0 Å². The molecule has 0 spiro atoms. The fourth-order valence-electron chi connectivity index (χ4n) is 2.15. The van der Waals surface area contributed by atoms with Crippen LogP contribution in [0.4, 0.5) is 5.95 Å². The van der Waals surface area contributed by atoms with Gasteiger partial charge in [-0.3, -0.25) is 0 Å². The molecule has 1 aliphatic carbocycles. The highest BCUT2D eigenvalue weighted by Gasteiger charge is 2.23. The second-order valence-electron chi connectivity index (χ2n) is 4.41. The molecule has 1 saturated carbocycles. The van der Waals surface area contributed by atoms with Crippen LogP contribution in [0, 0.1) is 5.92 Å². The highest BCUT2D eigenvalue weighted by atomic mass is 35.5. The smallest absolute Gasteiger partial charge is 0.322 e. The van der Waals surface area contributed by atoms with E-state index >= 15 is 0 Å². The Hall–Kier alpha value is -1.14. The second kappa shape index (κ2) is 6.15. The monoisotopic (exact) mass is 272 g/mol. The fourth-order valence-corrected chi connectivity index (χ4v) is 2.30. The van der Waals surface area contributed by atoms with Gasteiger partial charge in [0.15, 0.2) is 0 Å². The average Bonchev–Trinajstić information content (AvgIpc) is 2.37. The zero-order chi connectivity index (χ0) is 13.0. The van der Waals surface area contributed by atoms with Gasteiger partial charge in [0.1, 0.15) is 0 Å². The molecule has 18 heavy (non-hydrogen) atoms. The fraction of sp³-hybridized carbons (Fsp3) is 0.727. The van der Waals surface area contributed by atoms with E-state index in [1.807, 2.05) is 0 Å². The first-order chi connectivity index (χ1) is 8.69. The van der Waals surface area contributed by atoms with Gasteiger partial charge in [-0.25, -0.2) is 0 Å². The molecule has 0 amide bonds. The molecule has 6 nitrogen and oxygen atoms in total. The summed E-state index contributed by atoms with van der Waals surface area (Å²) in [6.07, 6.45) is 3.90. The summed E-state index contributed by atoms with van der Waals surface area (Å²) in [5, 5.41) is 13.0. The number of ether oxygens (including phenoxy) is 1. The third-order valence-electron chi connectivity index (χ3n) is 3.16. The minimum atomic E-state index is -0.245. The number of hydrogen-bond acceptors (Lipinski definition) is 6. The first-order valence-electron chi connectivity index (χ1n) is 6.06. The van der Waals surface area contributed by atoms with Crippen LogP contribution < -0.4 is 10.1 Å². The molecule has 0 bridgehead atoms. The Balaban J connectivity index is 1.94. The molecule has 100 valence electrons. The lowest BCUT2D eigenvalue weighted by atomic mass is 9.86. The van der Waals surface area contributed by atoms with Crippen LogP contribution in [0.3, 0.4) is 0 Å². The summed E-state index contributed by atoms with van der Waals surface area (Å²) in [7, 11) is 1.47. The number of methoxy groups -OCH3 is 1. The highest BCUT2D eigenvalue weighted by molar-refractivity contribution is 6.28. The second-order valence-corrected chi connectivity index (χ2v) is 4.75. The predicted octanol–water partition coefficient (Wildman–Crippen LogP) is 1.50. The number of halogens is 1. The zero-order valence-electron chi connectivity index (χ0n) is 10.3. The molecular formula is C11H17ClN4O2. The molecule has 2 N–H and O–H groups in total. The van der Waals surface area contributed by atoms with Gasteiger partial charge >= 0.3 is 6.01 Å². The van der Waals surface area contributed by atoms with Crippen molar-refractivity contribution in [1.82, 2.24) is 15.0 Å². The molecule has 0 saturated heterocycles. The Morgan fingerprint density at radius 3 is 2.83 bits per heavy atom. The van der Waals surface area contributed by atoms with Gasteiger partial charge in [-0.05, 0) is 24.4 Å². The van der Waals surface area contributed by atoms with Crippen LogP contribution in [0.25, 0.3) is 0 Å². The maximum atomic E-state index is 9.86. The quantitative estimate of drug-likeness (QED) is 0.865. The van der Waals surface area contributed by atoms with Crippen molar-refractivity contribution < 1.29 is 9.84 Å². The van der Waals surface area contributed by atoms with Crippen molar-refractivity contribution in [3.63, 3.8) is 0 Å². The summed E-state index contributed by atoms with van der Waals surface area (Å²) in [6.45, 7) is 0.630. The summed E-state index contributed by atoms with van der Waals surface area (Å²) in [5.74, 6) is 0.616. The topological polar surface area (TPSA) is 80.2 Å². The molecule has 7 heteroatoms. The SMILES string of the molecule is COc1nc(Cl)nc(NCC2CCCCC2O)n1. The molecular weight excluding hydrogens is 256 g/mol. The molecule has 0 aliphatic heterocycles. The lowest BCUT2D eigenvalue weighted by Gasteiger charge is -2.27. The van der Waals surface area contributed by atoms with Gasteiger partial charge < -0.3 is 15.2 Å². The van der Waals surface area contributed by atoms with E-state index in [2.05, 4.69) is 20.3 Å². The van der Waals surface area contributed by atoms with Gasteiger partial charge in [-0.2, -0.15) is 15.0 Å². The Kier molecular flexibility index (Phi) is 4.54. The van der Waals surface area contributed by atoms with E-state index < -0.39 is 0 Å². The average molecular weight is 273 g/mol. The third kappa shape index (κ3) is 3.43. The molecule has 2 unspecified atom stereocenters. The van der Waals surface area contributed by atoms with Gasteiger partial charge in [0, 0.05) is 12.5 Å². The van der Waals surface area contributed by atoms with Crippen LogP contribution in [0.1, 0.15) is 25.7 Å². The normalized spacial score (nSPS) is 23.7. The van der Waals surface area contributed by atoms with E-state index in [1.165, 1.54) is 7.11 Å². The minimum absolute atomic E-state index is 0.0912. The molecule has 1 aromatic heterocycles. The molecule has 1 aromatic rings. The molecule has 1 heterocycles. The Morgan fingerprint density at radius 1 is 1.33 bits per heavy atom. The third-order valence-corrected chi connectivity index (χ3v) is 3.33. The van der Waals surface area contributed by atoms with E-state index in [9.17, 15) is 5.11 Å². The largest absolute Gasteiger partial charge is 0.467 e. The van der Waals surface area contributed by atoms with E-state index in [-0.39, 0.29) is 23.3 Å². The molecule has 1 fully saturated rings. The van der Waals surface area contributed by atoms with E-state index in [4.69, 9.17) is 16.3 Å². The van der Waals surface area contributed by atoms with Crippen molar-refractivity contribution >= 4 is 17.5 Å². The van der Waals surface area contributed by atoms with Gasteiger partial charge in [-0.1, -0.05) is 12.8 Å². The van der Waals surface area contributed by atoms with E-state index in [0.717, 1.165) is 25.7 Å². The summed E-state index contributed by atoms with van der Waals surface area (Å²) < 4.78 is 4.91. The van der Waals surface area contributed by atoms with Crippen molar-refractivity contribution in [2.45, 2.75) is 31.8 Å². The number of aromatic nitrogens is 3. The van der Waals surface area contributed by atoms with Crippen LogP contribution in [0.15, 0.2) is 0 Å². The summed E-state index contributed by atoms with van der Waals surface area (Å²) in [5.41, 5.74) is 0. The predicted molar refractivity (Wildman–Crippen MR) is 67.8 cm³/mol. The minimum Gasteiger partial charge on any atom is -0.467 e. The van der Waals surface area contributed by atoms with Crippen molar-refractivity contribution in [2.75, 3.05) is 19.0 Å². The van der Waals surface area contributed by atoms with Crippen LogP contribution in [-0.4, -0.2) is 39.8 Å². The van der Waals surface area contributed by atoms with Crippen molar-refractivity contribution in [2.24, 2.45) is 5.92 Å².